The zero-order valence-corrected chi connectivity index (χ0v) is 12.1. The van der Waals surface area contributed by atoms with Gasteiger partial charge in [0, 0.05) is 32.5 Å². The van der Waals surface area contributed by atoms with Crippen LogP contribution in [0, 0.1) is 5.41 Å². The van der Waals surface area contributed by atoms with E-state index in [1.165, 1.54) is 12.4 Å². The number of nitrogens with one attached hydrogen (secondary N) is 1. The highest BCUT2D eigenvalue weighted by Gasteiger charge is 2.30. The van der Waals surface area contributed by atoms with E-state index < -0.39 is 6.55 Å². The molecule has 2 rings (SSSR count). The Hall–Kier alpha value is -1.66. The van der Waals surface area contributed by atoms with Crippen molar-refractivity contribution in [3.63, 3.8) is 0 Å². The van der Waals surface area contributed by atoms with Crippen molar-refractivity contribution in [2.75, 3.05) is 20.1 Å². The molecule has 0 saturated carbocycles. The summed E-state index contributed by atoms with van der Waals surface area (Å²) in [5, 5.41) is 3.11. The number of likely N-dealkylation sites (tertiary alicyclic amines) is 1. The number of halogens is 2. The molecule has 1 fully saturated rings. The summed E-state index contributed by atoms with van der Waals surface area (Å²) >= 11 is 0. The summed E-state index contributed by atoms with van der Waals surface area (Å²) in [5.74, 6) is 1.04. The van der Waals surface area contributed by atoms with Gasteiger partial charge in [-0.05, 0) is 11.8 Å². The number of aliphatic imine (C=N–C) groups is 1. The van der Waals surface area contributed by atoms with Gasteiger partial charge in [-0.15, -0.1) is 0 Å². The topological polar surface area (TPSA) is 45.5 Å². The van der Waals surface area contributed by atoms with Crippen LogP contribution in [0.5, 0.6) is 0 Å². The van der Waals surface area contributed by atoms with Crippen LogP contribution in [0.15, 0.2) is 17.4 Å². The van der Waals surface area contributed by atoms with E-state index in [1.807, 2.05) is 0 Å². The molecule has 0 amide bonds. The van der Waals surface area contributed by atoms with E-state index in [0.717, 1.165) is 30.0 Å². The molecule has 0 spiro atoms. The largest absolute Gasteiger partial charge is 0.349 e. The number of rotatable bonds is 3. The van der Waals surface area contributed by atoms with Crippen molar-refractivity contribution in [3.8, 4) is 0 Å². The Balaban J connectivity index is 1.97. The molecule has 0 aromatic carbocycles. The highest BCUT2D eigenvalue weighted by atomic mass is 19.3. The van der Waals surface area contributed by atoms with Gasteiger partial charge >= 0.3 is 6.55 Å². The fourth-order valence-electron chi connectivity index (χ4n) is 2.44. The normalized spacial score (nSPS) is 18.9. The molecule has 0 unspecified atom stereocenters. The number of hydrogen-bond donors (Lipinski definition) is 1. The SMILES string of the molecule is CN=C(NCc1nccn1C(F)F)N1CCC(C)(C)C1. The number of hydrogen-bond acceptors (Lipinski definition) is 2. The van der Waals surface area contributed by atoms with Crippen LogP contribution in [0.2, 0.25) is 0 Å². The van der Waals surface area contributed by atoms with Crippen molar-refractivity contribution < 1.29 is 8.78 Å². The minimum Gasteiger partial charge on any atom is -0.349 e. The van der Waals surface area contributed by atoms with E-state index in [9.17, 15) is 8.78 Å². The van der Waals surface area contributed by atoms with E-state index in [4.69, 9.17) is 0 Å². The van der Waals surface area contributed by atoms with E-state index in [0.29, 0.717) is 5.82 Å². The lowest BCUT2D eigenvalue weighted by Gasteiger charge is -2.23. The fourth-order valence-corrected chi connectivity index (χ4v) is 2.44. The molecule has 1 aliphatic rings. The first kappa shape index (κ1) is 14.7. The van der Waals surface area contributed by atoms with Gasteiger partial charge in [0.25, 0.3) is 0 Å². The minimum atomic E-state index is -2.57. The monoisotopic (exact) mass is 285 g/mol. The van der Waals surface area contributed by atoms with Gasteiger partial charge in [-0.25, -0.2) is 4.98 Å². The maximum atomic E-state index is 12.7. The van der Waals surface area contributed by atoms with Crippen LogP contribution in [0.3, 0.4) is 0 Å². The second-order valence-corrected chi connectivity index (χ2v) is 5.76. The maximum Gasteiger partial charge on any atom is 0.319 e. The fraction of sp³-hybridized carbons (Fsp3) is 0.692. The second kappa shape index (κ2) is 5.76. The predicted octanol–water partition coefficient (Wildman–Crippen LogP) is 2.09. The molecule has 1 aromatic rings. The van der Waals surface area contributed by atoms with Crippen LogP contribution in [-0.4, -0.2) is 40.5 Å². The molecule has 20 heavy (non-hydrogen) atoms. The van der Waals surface area contributed by atoms with Crippen molar-refractivity contribution in [3.05, 3.63) is 18.2 Å². The molecule has 0 aliphatic carbocycles. The van der Waals surface area contributed by atoms with Gasteiger partial charge in [0.2, 0.25) is 0 Å². The van der Waals surface area contributed by atoms with Gasteiger partial charge < -0.3 is 10.2 Å². The average Bonchev–Trinajstić information content (AvgIpc) is 2.97. The van der Waals surface area contributed by atoms with Crippen molar-refractivity contribution in [1.82, 2.24) is 19.8 Å². The third-order valence-corrected chi connectivity index (χ3v) is 3.55. The first-order chi connectivity index (χ1) is 9.43. The Morgan fingerprint density at radius 3 is 2.85 bits per heavy atom. The summed E-state index contributed by atoms with van der Waals surface area (Å²) in [4.78, 5) is 10.3. The predicted molar refractivity (Wildman–Crippen MR) is 73.6 cm³/mol. The first-order valence-corrected chi connectivity index (χ1v) is 6.68. The van der Waals surface area contributed by atoms with Crippen molar-refractivity contribution >= 4 is 5.96 Å². The molecule has 5 nitrogen and oxygen atoms in total. The Bertz CT molecular complexity index is 481. The van der Waals surface area contributed by atoms with E-state index in [2.05, 4.69) is 34.0 Å². The molecule has 0 atom stereocenters. The molecule has 2 heterocycles. The van der Waals surface area contributed by atoms with Crippen LogP contribution in [0.4, 0.5) is 8.78 Å². The molecular weight excluding hydrogens is 264 g/mol. The third kappa shape index (κ3) is 3.26. The minimum absolute atomic E-state index is 0.237. The zero-order valence-electron chi connectivity index (χ0n) is 12.1. The van der Waals surface area contributed by atoms with E-state index in [-0.39, 0.29) is 12.0 Å². The van der Waals surface area contributed by atoms with Crippen LogP contribution in [-0.2, 0) is 6.54 Å². The van der Waals surface area contributed by atoms with Gasteiger partial charge in [-0.1, -0.05) is 13.8 Å². The molecule has 0 bridgehead atoms. The summed E-state index contributed by atoms with van der Waals surface area (Å²) in [6, 6.07) is 0. The van der Waals surface area contributed by atoms with Crippen LogP contribution < -0.4 is 5.32 Å². The maximum absolute atomic E-state index is 12.7. The summed E-state index contributed by atoms with van der Waals surface area (Å²) in [7, 11) is 1.70. The molecule has 1 aromatic heterocycles. The first-order valence-electron chi connectivity index (χ1n) is 6.68. The third-order valence-electron chi connectivity index (χ3n) is 3.55. The van der Waals surface area contributed by atoms with Crippen LogP contribution in [0.1, 0.15) is 32.6 Å². The van der Waals surface area contributed by atoms with Crippen LogP contribution in [0.25, 0.3) is 0 Å². The quantitative estimate of drug-likeness (QED) is 0.683. The molecule has 1 N–H and O–H groups in total. The number of guanidine groups is 1. The molecule has 1 aliphatic heterocycles. The molecule has 1 saturated heterocycles. The van der Waals surface area contributed by atoms with Gasteiger partial charge in [0.05, 0.1) is 6.54 Å². The van der Waals surface area contributed by atoms with Gasteiger partial charge in [0.15, 0.2) is 5.96 Å². The Kier molecular flexibility index (Phi) is 4.25. The second-order valence-electron chi connectivity index (χ2n) is 5.76. The van der Waals surface area contributed by atoms with Crippen molar-refractivity contribution in [2.45, 2.75) is 33.4 Å². The number of alkyl halides is 2. The van der Waals surface area contributed by atoms with Gasteiger partial charge in [0.1, 0.15) is 5.82 Å². The molecule has 0 radical (unpaired) electrons. The lowest BCUT2D eigenvalue weighted by atomic mass is 9.93. The van der Waals surface area contributed by atoms with Crippen LogP contribution >= 0.6 is 0 Å². The molecular formula is C13H21F2N5. The highest BCUT2D eigenvalue weighted by molar-refractivity contribution is 5.80. The molecule has 7 heteroatoms. The Morgan fingerprint density at radius 2 is 2.30 bits per heavy atom. The summed E-state index contributed by atoms with van der Waals surface area (Å²) in [6.07, 6.45) is 3.76. The number of aromatic nitrogens is 2. The molecule has 112 valence electrons. The summed E-state index contributed by atoms with van der Waals surface area (Å²) in [5.41, 5.74) is 0.263. The van der Waals surface area contributed by atoms with E-state index >= 15 is 0 Å². The zero-order chi connectivity index (χ0) is 14.8. The lowest BCUT2D eigenvalue weighted by molar-refractivity contribution is 0.0668. The number of nitrogens with zero attached hydrogens (tertiary/aromatic N) is 4. The summed E-state index contributed by atoms with van der Waals surface area (Å²) in [6.45, 7) is 3.93. The number of imidazole rings is 1. The van der Waals surface area contributed by atoms with Crippen molar-refractivity contribution in [2.24, 2.45) is 10.4 Å². The lowest BCUT2D eigenvalue weighted by Crippen LogP contribution is -2.40. The highest BCUT2D eigenvalue weighted by Crippen LogP contribution is 2.28. The standard InChI is InChI=1S/C13H21F2N5/c1-13(2)4-6-19(9-13)12(16-3)18-8-10-17-5-7-20(10)11(14)15/h5,7,11H,4,6,8-9H2,1-3H3,(H,16,18). The Morgan fingerprint density at radius 1 is 1.55 bits per heavy atom. The van der Waals surface area contributed by atoms with Gasteiger partial charge in [-0.2, -0.15) is 8.78 Å². The van der Waals surface area contributed by atoms with Crippen molar-refractivity contribution in [1.29, 1.82) is 0 Å². The average molecular weight is 285 g/mol. The van der Waals surface area contributed by atoms with Gasteiger partial charge in [-0.3, -0.25) is 9.56 Å². The smallest absolute Gasteiger partial charge is 0.319 e. The van der Waals surface area contributed by atoms with E-state index in [1.54, 1.807) is 7.05 Å². The Labute approximate surface area is 117 Å². The summed E-state index contributed by atoms with van der Waals surface area (Å²) < 4.78 is 26.3.